The number of carbonyl (C=O) groups excluding carboxylic acids is 8. The van der Waals surface area contributed by atoms with Crippen LogP contribution in [-0.2, 0) is 52.7 Å². The minimum Gasteiger partial charge on any atom is -0.481 e. The highest BCUT2D eigenvalue weighted by Crippen LogP contribution is 2.19. The van der Waals surface area contributed by atoms with Gasteiger partial charge >= 0.3 is 17.9 Å². The third kappa shape index (κ3) is 29.6. The van der Waals surface area contributed by atoms with Gasteiger partial charge in [0.25, 0.3) is 0 Å². The van der Waals surface area contributed by atoms with Crippen LogP contribution in [-0.4, -0.2) is 118 Å². The van der Waals surface area contributed by atoms with Gasteiger partial charge in [-0.05, 0) is 80.5 Å². The van der Waals surface area contributed by atoms with Gasteiger partial charge in [-0.3, -0.25) is 43.2 Å². The number of esters is 1. The number of carbonyl (C=O) groups is 10. The van der Waals surface area contributed by atoms with E-state index >= 15 is 0 Å². The summed E-state index contributed by atoms with van der Waals surface area (Å²) in [6.45, 7) is 22.2. The molecule has 1 heterocycles. The molecule has 20 heteroatoms. The fourth-order valence-corrected chi connectivity index (χ4v) is 8.91. The molecule has 0 radical (unpaired) electrons. The van der Waals surface area contributed by atoms with Gasteiger partial charge in [0.1, 0.15) is 48.4 Å². The molecule has 8 unspecified atom stereocenters. The topological polar surface area (TPSA) is 305 Å². The highest BCUT2D eigenvalue weighted by Gasteiger charge is 2.37. The molecule has 0 aromatic rings. The van der Waals surface area contributed by atoms with Crippen LogP contribution in [0.25, 0.3) is 0 Å². The number of aliphatic carboxylic acids is 2. The van der Waals surface area contributed by atoms with Crippen LogP contribution in [0.2, 0.25) is 0 Å². The van der Waals surface area contributed by atoms with Gasteiger partial charge in [-0.2, -0.15) is 0 Å². The quantitative estimate of drug-likeness (QED) is 0.0365. The predicted molar refractivity (Wildman–Crippen MR) is 285 cm³/mol. The number of amides is 7. The molecule has 0 saturated carbocycles. The van der Waals surface area contributed by atoms with Crippen LogP contribution in [0.1, 0.15) is 205 Å². The van der Waals surface area contributed by atoms with Crippen molar-refractivity contribution in [3.8, 4) is 0 Å². The Labute approximate surface area is 447 Å². The van der Waals surface area contributed by atoms with E-state index in [1.807, 2.05) is 13.8 Å². The zero-order valence-corrected chi connectivity index (χ0v) is 47.4. The minimum atomic E-state index is -1.72. The summed E-state index contributed by atoms with van der Waals surface area (Å²) >= 11 is 0. The van der Waals surface area contributed by atoms with E-state index in [4.69, 9.17) is 4.74 Å². The number of unbranched alkanes of at least 4 members (excludes halogenated alkanes) is 8. The Bertz CT molecular complexity index is 1840. The van der Waals surface area contributed by atoms with Crippen molar-refractivity contribution in [2.45, 2.75) is 253 Å². The van der Waals surface area contributed by atoms with Gasteiger partial charge in [-0.25, -0.2) is 4.79 Å². The van der Waals surface area contributed by atoms with E-state index in [9.17, 15) is 58.2 Å². The number of cyclic esters (lactones) is 1. The van der Waals surface area contributed by atoms with Crippen molar-refractivity contribution in [1.29, 1.82) is 0 Å². The van der Waals surface area contributed by atoms with Gasteiger partial charge < -0.3 is 52.2 Å². The molecular weight excluding hydrogens is 967 g/mol. The lowest BCUT2D eigenvalue weighted by Crippen LogP contribution is -2.60. The second kappa shape index (κ2) is 35.9. The monoisotopic (exact) mass is 1060 g/mol. The van der Waals surface area contributed by atoms with Gasteiger partial charge in [-0.1, -0.05) is 141 Å². The summed E-state index contributed by atoms with van der Waals surface area (Å²) in [7, 11) is 0. The van der Waals surface area contributed by atoms with E-state index in [1.165, 1.54) is 25.7 Å². The van der Waals surface area contributed by atoms with Crippen LogP contribution in [0, 0.1) is 35.5 Å². The number of carboxylic acid groups (broad SMARTS) is 2. The molecule has 1 aliphatic heterocycles. The van der Waals surface area contributed by atoms with E-state index in [2.05, 4.69) is 51.1 Å². The standard InChI is InChI=1S/C55H97N7O13/c1-32(2)22-20-18-16-14-13-15-17-19-21-23-38-30-45(63)56-39(24-25-46(64)65)49(68)57-40(26-33(3)4)50(69)58-41(27-34(5)6)51(70)59-42(28-35(7)8)52(71)61-44(31-47(66)67)53(72)60-43(29-36(9)10)54(73)62-48(37(11)12)55(74)75-38/h32-44,48H,13-31H2,1-12H3,(H,56,63)(H,57,68)(H,58,69)(H,59,70)(H,60,72)(H,61,71)(H,62,73)(H,64,65)(H,66,67). The van der Waals surface area contributed by atoms with Crippen molar-refractivity contribution < 1.29 is 62.9 Å². The van der Waals surface area contributed by atoms with Crippen molar-refractivity contribution >= 4 is 59.3 Å². The first-order chi connectivity index (χ1) is 35.1. The third-order valence-electron chi connectivity index (χ3n) is 12.9. The molecule has 0 aromatic heterocycles. The maximum Gasteiger partial charge on any atom is 0.329 e. The minimum absolute atomic E-state index is 0.0294. The Hall–Kier alpha value is -5.30. The highest BCUT2D eigenvalue weighted by molar-refractivity contribution is 5.98. The zero-order valence-electron chi connectivity index (χ0n) is 47.4. The third-order valence-corrected chi connectivity index (χ3v) is 12.9. The Morgan fingerprint density at radius 1 is 0.440 bits per heavy atom. The Balaban J connectivity index is 3.88. The predicted octanol–water partition coefficient (Wildman–Crippen LogP) is 5.82. The maximum absolute atomic E-state index is 14.2. The van der Waals surface area contributed by atoms with Crippen molar-refractivity contribution in [3.63, 3.8) is 0 Å². The summed E-state index contributed by atoms with van der Waals surface area (Å²) in [5, 5.41) is 38.0. The summed E-state index contributed by atoms with van der Waals surface area (Å²) in [6, 6.07) is -9.64. The van der Waals surface area contributed by atoms with Gasteiger partial charge in [0.2, 0.25) is 41.4 Å². The summed E-state index contributed by atoms with van der Waals surface area (Å²) in [5.41, 5.74) is 0. The van der Waals surface area contributed by atoms with E-state index < -0.39 is 133 Å². The highest BCUT2D eigenvalue weighted by atomic mass is 16.5. The molecular formula is C55H97N7O13. The lowest BCUT2D eigenvalue weighted by molar-refractivity contribution is -0.156. The Kier molecular flexibility index (Phi) is 32.4. The molecule has 0 aliphatic carbocycles. The number of nitrogens with one attached hydrogen (secondary N) is 7. The molecule has 20 nitrogen and oxygen atoms in total. The molecule has 7 amide bonds. The molecule has 0 spiro atoms. The first-order valence-electron chi connectivity index (χ1n) is 27.8. The molecule has 9 N–H and O–H groups in total. The first-order valence-corrected chi connectivity index (χ1v) is 27.8. The smallest absolute Gasteiger partial charge is 0.329 e. The molecule has 1 aliphatic rings. The SMILES string of the molecule is CC(C)CCCCCCCCCCCC1CC(=O)NC(CCC(=O)O)C(=O)NC(CC(C)C)C(=O)NC(CC(C)C)C(=O)NC(CC(C)C)C(=O)NC(CC(=O)O)C(=O)NC(CC(C)C)C(=O)NC(C(C)C)C(=O)O1. The lowest BCUT2D eigenvalue weighted by Gasteiger charge is -2.29. The second-order valence-electron chi connectivity index (χ2n) is 23.1. The molecule has 1 saturated heterocycles. The fraction of sp³-hybridized carbons (Fsp3) is 0.818. The van der Waals surface area contributed by atoms with E-state index in [0.717, 1.165) is 32.1 Å². The average Bonchev–Trinajstić information content (AvgIpc) is 3.28. The van der Waals surface area contributed by atoms with Gasteiger partial charge in [0, 0.05) is 6.42 Å². The van der Waals surface area contributed by atoms with E-state index in [0.29, 0.717) is 12.3 Å². The average molecular weight is 1060 g/mol. The van der Waals surface area contributed by atoms with Crippen molar-refractivity contribution in [3.05, 3.63) is 0 Å². The van der Waals surface area contributed by atoms with Gasteiger partial charge in [0.05, 0.1) is 12.8 Å². The van der Waals surface area contributed by atoms with Crippen molar-refractivity contribution in [1.82, 2.24) is 37.2 Å². The molecule has 8 atom stereocenters. The lowest BCUT2D eigenvalue weighted by atomic mass is 9.98. The van der Waals surface area contributed by atoms with Crippen LogP contribution < -0.4 is 37.2 Å². The number of rotatable bonds is 26. The van der Waals surface area contributed by atoms with Gasteiger partial charge in [-0.15, -0.1) is 0 Å². The number of hydrogen-bond donors (Lipinski definition) is 9. The van der Waals surface area contributed by atoms with Gasteiger partial charge in [0.15, 0.2) is 0 Å². The molecule has 1 fully saturated rings. The largest absolute Gasteiger partial charge is 0.481 e. The molecule has 0 aromatic carbocycles. The second-order valence-corrected chi connectivity index (χ2v) is 23.1. The number of carboxylic acids is 2. The van der Waals surface area contributed by atoms with Crippen LogP contribution in [0.4, 0.5) is 0 Å². The summed E-state index contributed by atoms with van der Waals surface area (Å²) in [6.07, 6.45) is 7.49. The van der Waals surface area contributed by atoms with E-state index in [1.54, 1.807) is 55.4 Å². The summed E-state index contributed by atoms with van der Waals surface area (Å²) < 4.78 is 6.03. The van der Waals surface area contributed by atoms with Crippen LogP contribution in [0.5, 0.6) is 0 Å². The summed E-state index contributed by atoms with van der Waals surface area (Å²) in [4.78, 5) is 137. The van der Waals surface area contributed by atoms with Crippen molar-refractivity contribution in [2.24, 2.45) is 35.5 Å². The molecule has 75 heavy (non-hydrogen) atoms. The molecule has 1 rings (SSSR count). The Morgan fingerprint density at radius 3 is 1.17 bits per heavy atom. The fourth-order valence-electron chi connectivity index (χ4n) is 8.91. The maximum atomic E-state index is 14.2. The number of ether oxygens (including phenoxy) is 1. The molecule has 0 bridgehead atoms. The zero-order chi connectivity index (χ0) is 56.9. The van der Waals surface area contributed by atoms with Crippen LogP contribution >= 0.6 is 0 Å². The summed E-state index contributed by atoms with van der Waals surface area (Å²) in [5.74, 6) is -10.1. The van der Waals surface area contributed by atoms with Crippen molar-refractivity contribution in [2.75, 3.05) is 0 Å². The normalized spacial score (nSPS) is 23.7. The van der Waals surface area contributed by atoms with Crippen LogP contribution in [0.3, 0.4) is 0 Å². The van der Waals surface area contributed by atoms with E-state index in [-0.39, 0.29) is 62.2 Å². The Morgan fingerprint density at radius 2 is 0.800 bits per heavy atom. The number of hydrogen-bond acceptors (Lipinski definition) is 11. The first kappa shape index (κ1) is 67.7. The van der Waals surface area contributed by atoms with Crippen LogP contribution in [0.15, 0.2) is 0 Å². The molecule has 430 valence electrons.